The molecule has 1 saturated heterocycles. The molecule has 0 unspecified atom stereocenters. The van der Waals surface area contributed by atoms with Gasteiger partial charge in [0.15, 0.2) is 5.58 Å². The number of carbonyl (C=O) groups excluding carboxylic acids is 2. The number of para-hydroxylation sites is 1. The number of aromatic nitrogens is 1. The number of nitrogens with one attached hydrogen (secondary N) is 2. The predicted molar refractivity (Wildman–Crippen MR) is 97.6 cm³/mol. The summed E-state index contributed by atoms with van der Waals surface area (Å²) < 4.78 is 5.82. The molecule has 126 valence electrons. The van der Waals surface area contributed by atoms with Crippen molar-refractivity contribution >= 4 is 51.3 Å². The highest BCUT2D eigenvalue weighted by Gasteiger charge is 2.25. The quantitative estimate of drug-likeness (QED) is 0.683. The van der Waals surface area contributed by atoms with Crippen LogP contribution in [0.25, 0.3) is 17.0 Å². The van der Waals surface area contributed by atoms with Crippen LogP contribution in [0.3, 0.4) is 0 Å². The molecule has 2 N–H and O–H groups in total. The lowest BCUT2D eigenvalue weighted by atomic mass is 10.2. The van der Waals surface area contributed by atoms with Crippen LogP contribution in [0.15, 0.2) is 52.0 Å². The number of thioether (sulfide) groups is 1. The van der Waals surface area contributed by atoms with Crippen molar-refractivity contribution in [2.45, 2.75) is 0 Å². The zero-order chi connectivity index (χ0) is 18.1. The second-order valence-corrected chi connectivity index (χ2v) is 6.40. The Morgan fingerprint density at radius 3 is 2.85 bits per heavy atom. The summed E-state index contributed by atoms with van der Waals surface area (Å²) in [5.41, 5.74) is 2.26. The molecule has 0 spiro atoms. The second kappa shape index (κ2) is 6.38. The third kappa shape index (κ3) is 2.92. The van der Waals surface area contributed by atoms with E-state index in [1.165, 1.54) is 6.08 Å². The molecule has 7 nitrogen and oxygen atoms in total. The first kappa shape index (κ1) is 15.9. The zero-order valence-electron chi connectivity index (χ0n) is 13.1. The minimum atomic E-state index is -0.445. The van der Waals surface area contributed by atoms with Crippen molar-refractivity contribution < 1.29 is 14.0 Å². The average Bonchev–Trinajstić information content (AvgIpc) is 3.18. The van der Waals surface area contributed by atoms with Gasteiger partial charge in [0.1, 0.15) is 17.5 Å². The Labute approximate surface area is 151 Å². The molecule has 0 atom stereocenters. The maximum Gasteiger partial charge on any atom is 0.290 e. The molecule has 8 heteroatoms. The summed E-state index contributed by atoms with van der Waals surface area (Å²) in [6.07, 6.45) is 4.74. The van der Waals surface area contributed by atoms with E-state index in [4.69, 9.17) is 4.42 Å². The minimum absolute atomic E-state index is 0.270. The minimum Gasteiger partial charge on any atom is -0.454 e. The fourth-order valence-corrected chi connectivity index (χ4v) is 3.19. The van der Waals surface area contributed by atoms with Crippen molar-refractivity contribution in [3.8, 4) is 6.07 Å². The molecule has 1 fully saturated rings. The van der Waals surface area contributed by atoms with Crippen molar-refractivity contribution in [2.24, 2.45) is 0 Å². The van der Waals surface area contributed by atoms with Crippen LogP contribution in [0.2, 0.25) is 0 Å². The second-order valence-electron chi connectivity index (χ2n) is 5.39. The van der Waals surface area contributed by atoms with Gasteiger partial charge in [0.2, 0.25) is 0 Å². The number of hydrogen-bond acceptors (Lipinski definition) is 7. The Balaban J connectivity index is 1.73. The molecule has 3 aromatic rings. The molecule has 26 heavy (non-hydrogen) atoms. The van der Waals surface area contributed by atoms with Crippen molar-refractivity contribution in [1.82, 2.24) is 10.3 Å². The van der Waals surface area contributed by atoms with Gasteiger partial charge in [-0.15, -0.1) is 0 Å². The van der Waals surface area contributed by atoms with Crippen molar-refractivity contribution in [2.75, 3.05) is 5.32 Å². The summed E-state index contributed by atoms with van der Waals surface area (Å²) in [5, 5.41) is 14.9. The van der Waals surface area contributed by atoms with Crippen molar-refractivity contribution in [3.63, 3.8) is 0 Å². The van der Waals surface area contributed by atoms with Crippen molar-refractivity contribution in [3.05, 3.63) is 59.0 Å². The standard InChI is InChI=1S/C18H10N4O3S/c19-7-10-3-1-2-4-13(10)21-14-9-20-8-11-5-12(25-16(11)14)6-15-17(23)22-18(24)26-15/h1-6,8-9,21H,(H,22,23,24). The molecule has 0 radical (unpaired) electrons. The summed E-state index contributed by atoms with van der Waals surface area (Å²) in [5.74, 6) is -0.0168. The number of nitriles is 1. The Kier molecular flexibility index (Phi) is 3.91. The van der Waals surface area contributed by atoms with Gasteiger partial charge in [-0.05, 0) is 30.0 Å². The number of nitrogens with zero attached hydrogens (tertiary/aromatic N) is 2. The maximum atomic E-state index is 11.7. The molecule has 1 aliphatic heterocycles. The molecule has 2 amide bonds. The van der Waals surface area contributed by atoms with E-state index in [9.17, 15) is 14.9 Å². The highest BCUT2D eigenvalue weighted by Crippen LogP contribution is 2.32. The van der Waals surface area contributed by atoms with Gasteiger partial charge >= 0.3 is 0 Å². The van der Waals surface area contributed by atoms with E-state index in [1.807, 2.05) is 6.07 Å². The Morgan fingerprint density at radius 2 is 2.08 bits per heavy atom. The largest absolute Gasteiger partial charge is 0.454 e. The number of hydrogen-bond donors (Lipinski definition) is 2. The molecule has 4 rings (SSSR count). The van der Waals surface area contributed by atoms with E-state index in [1.54, 1.807) is 36.7 Å². The number of anilines is 2. The van der Waals surface area contributed by atoms with Gasteiger partial charge in [-0.2, -0.15) is 5.26 Å². The van der Waals surface area contributed by atoms with Crippen LogP contribution in [0.1, 0.15) is 11.3 Å². The SMILES string of the molecule is N#Cc1ccccc1Nc1cncc2cc(C=C3SC(=O)NC3=O)oc12. The zero-order valence-corrected chi connectivity index (χ0v) is 14.0. The molecule has 3 heterocycles. The Hall–Kier alpha value is -3.57. The van der Waals surface area contributed by atoms with E-state index in [0.717, 1.165) is 17.1 Å². The molecule has 1 aromatic carbocycles. The summed E-state index contributed by atoms with van der Waals surface area (Å²) >= 11 is 0.824. The lowest BCUT2D eigenvalue weighted by Gasteiger charge is -2.07. The number of carbonyl (C=O) groups is 2. The highest BCUT2D eigenvalue weighted by molar-refractivity contribution is 8.18. The first-order valence-electron chi connectivity index (χ1n) is 7.52. The van der Waals surface area contributed by atoms with Crippen LogP contribution in [-0.4, -0.2) is 16.1 Å². The van der Waals surface area contributed by atoms with Crippen molar-refractivity contribution in [1.29, 1.82) is 5.26 Å². The van der Waals surface area contributed by atoms with Gasteiger partial charge in [-0.25, -0.2) is 0 Å². The number of imide groups is 1. The molecule has 0 aliphatic carbocycles. The number of furan rings is 1. The first-order chi connectivity index (χ1) is 12.6. The third-order valence-corrected chi connectivity index (χ3v) is 4.48. The lowest BCUT2D eigenvalue weighted by Crippen LogP contribution is -2.17. The number of pyridine rings is 1. The van der Waals surface area contributed by atoms with E-state index in [-0.39, 0.29) is 4.91 Å². The summed E-state index contributed by atoms with van der Waals surface area (Å²) in [6.45, 7) is 0. The van der Waals surface area contributed by atoms with Crippen LogP contribution in [-0.2, 0) is 4.79 Å². The first-order valence-corrected chi connectivity index (χ1v) is 8.34. The van der Waals surface area contributed by atoms with E-state index in [2.05, 4.69) is 21.7 Å². The normalized spacial score (nSPS) is 15.3. The van der Waals surface area contributed by atoms with Gasteiger partial charge < -0.3 is 9.73 Å². The molecule has 1 aliphatic rings. The van der Waals surface area contributed by atoms with Crippen LogP contribution in [0.4, 0.5) is 16.2 Å². The van der Waals surface area contributed by atoms with E-state index >= 15 is 0 Å². The van der Waals surface area contributed by atoms with Crippen LogP contribution >= 0.6 is 11.8 Å². The fraction of sp³-hybridized carbons (Fsp3) is 0. The number of fused-ring (bicyclic) bond motifs is 1. The summed E-state index contributed by atoms with van der Waals surface area (Å²) in [4.78, 5) is 27.4. The molecular formula is C18H10N4O3S. The lowest BCUT2D eigenvalue weighted by molar-refractivity contribution is -0.115. The van der Waals surface area contributed by atoms with Crippen LogP contribution in [0.5, 0.6) is 0 Å². The van der Waals surface area contributed by atoms with Gasteiger partial charge in [-0.1, -0.05) is 12.1 Å². The smallest absolute Gasteiger partial charge is 0.290 e. The topological polar surface area (TPSA) is 108 Å². The van der Waals surface area contributed by atoms with Crippen LogP contribution in [0, 0.1) is 11.3 Å². The number of rotatable bonds is 3. The number of amides is 2. The summed E-state index contributed by atoms with van der Waals surface area (Å²) in [7, 11) is 0. The molecule has 0 bridgehead atoms. The van der Waals surface area contributed by atoms with E-state index in [0.29, 0.717) is 28.3 Å². The third-order valence-electron chi connectivity index (χ3n) is 3.67. The number of benzene rings is 1. The van der Waals surface area contributed by atoms with E-state index < -0.39 is 11.1 Å². The van der Waals surface area contributed by atoms with Gasteiger partial charge in [-0.3, -0.25) is 19.9 Å². The van der Waals surface area contributed by atoms with Gasteiger partial charge in [0.25, 0.3) is 11.1 Å². The molecule has 2 aromatic heterocycles. The Bertz CT molecular complexity index is 1130. The molecular weight excluding hydrogens is 352 g/mol. The molecule has 0 saturated carbocycles. The highest BCUT2D eigenvalue weighted by atomic mass is 32.2. The maximum absolute atomic E-state index is 11.7. The van der Waals surface area contributed by atoms with Gasteiger partial charge in [0, 0.05) is 17.7 Å². The summed E-state index contributed by atoms with van der Waals surface area (Å²) in [6, 6.07) is 11.0. The Morgan fingerprint density at radius 1 is 1.23 bits per heavy atom. The van der Waals surface area contributed by atoms with Crippen LogP contribution < -0.4 is 10.6 Å². The average molecular weight is 362 g/mol. The van der Waals surface area contributed by atoms with Gasteiger partial charge in [0.05, 0.1) is 22.4 Å². The fourth-order valence-electron chi connectivity index (χ4n) is 2.53. The monoisotopic (exact) mass is 362 g/mol. The predicted octanol–water partition coefficient (Wildman–Crippen LogP) is 3.77.